The van der Waals surface area contributed by atoms with Crippen LogP contribution in [0.2, 0.25) is 0 Å². The molecule has 10 heteroatoms. The Balaban J connectivity index is 1.88. The topological polar surface area (TPSA) is 86.3 Å². The number of nitrogens with one attached hydrogen (secondary N) is 2. The molecule has 0 aromatic carbocycles. The van der Waals surface area contributed by atoms with Gasteiger partial charge in [-0.1, -0.05) is 13.8 Å². The molecular formula is C18H37N5O3S2. The van der Waals surface area contributed by atoms with E-state index in [4.69, 9.17) is 9.73 Å². The van der Waals surface area contributed by atoms with Crippen LogP contribution in [0.5, 0.6) is 0 Å². The Morgan fingerprint density at radius 2 is 1.82 bits per heavy atom. The smallest absolute Gasteiger partial charge is 0.215 e. The summed E-state index contributed by atoms with van der Waals surface area (Å²) in [5.74, 6) is 3.04. The second kappa shape index (κ2) is 12.2. The Kier molecular flexibility index (Phi) is 10.4. The number of guanidine groups is 1. The van der Waals surface area contributed by atoms with Crippen LogP contribution in [-0.2, 0) is 14.8 Å². The van der Waals surface area contributed by atoms with Crippen LogP contribution in [0.1, 0.15) is 20.8 Å². The number of ether oxygens (including phenoxy) is 1. The molecular weight excluding hydrogens is 398 g/mol. The highest BCUT2D eigenvalue weighted by Crippen LogP contribution is 2.14. The highest BCUT2D eigenvalue weighted by atomic mass is 32.2. The standard InChI is InChI=1S/C18H37N5O3S2/c1-4-19-18(20-5-14-28(24,25)23-8-12-27-13-9-23)21-15-17(16(2)3)22-6-10-26-11-7-22/h16-17H,4-15H2,1-3H3,(H2,19,20,21). The molecule has 2 N–H and O–H groups in total. The molecule has 8 nitrogen and oxygen atoms in total. The summed E-state index contributed by atoms with van der Waals surface area (Å²) in [7, 11) is -3.20. The zero-order chi connectivity index (χ0) is 20.4. The summed E-state index contributed by atoms with van der Waals surface area (Å²) < 4.78 is 32.0. The first-order valence-electron chi connectivity index (χ1n) is 10.3. The van der Waals surface area contributed by atoms with Crippen molar-refractivity contribution in [2.45, 2.75) is 26.8 Å². The third kappa shape index (κ3) is 7.70. The summed E-state index contributed by atoms with van der Waals surface area (Å²) >= 11 is 1.81. The van der Waals surface area contributed by atoms with Crippen molar-refractivity contribution in [1.82, 2.24) is 19.8 Å². The zero-order valence-corrected chi connectivity index (χ0v) is 19.2. The quantitative estimate of drug-likeness (QED) is 0.397. The van der Waals surface area contributed by atoms with Gasteiger partial charge < -0.3 is 15.4 Å². The van der Waals surface area contributed by atoms with Crippen molar-refractivity contribution in [2.24, 2.45) is 10.9 Å². The Hall–Kier alpha value is -0.550. The van der Waals surface area contributed by atoms with Gasteiger partial charge in [0.1, 0.15) is 0 Å². The number of hydrogen-bond donors (Lipinski definition) is 2. The molecule has 1 unspecified atom stereocenters. The zero-order valence-electron chi connectivity index (χ0n) is 17.5. The van der Waals surface area contributed by atoms with Crippen molar-refractivity contribution in [1.29, 1.82) is 0 Å². The molecule has 0 spiro atoms. The molecule has 0 bridgehead atoms. The molecule has 2 fully saturated rings. The molecule has 0 aromatic heterocycles. The molecule has 0 saturated carbocycles. The first kappa shape index (κ1) is 23.7. The molecule has 0 aromatic rings. The summed E-state index contributed by atoms with van der Waals surface area (Å²) in [6.45, 7) is 12.9. The third-order valence-electron chi connectivity index (χ3n) is 5.08. The highest BCUT2D eigenvalue weighted by Gasteiger charge is 2.25. The number of aliphatic imine (C=N–C) groups is 1. The van der Waals surface area contributed by atoms with E-state index >= 15 is 0 Å². The van der Waals surface area contributed by atoms with E-state index < -0.39 is 10.0 Å². The fraction of sp³-hybridized carbons (Fsp3) is 0.944. The van der Waals surface area contributed by atoms with Crippen LogP contribution < -0.4 is 10.6 Å². The van der Waals surface area contributed by atoms with Gasteiger partial charge in [-0.05, 0) is 12.8 Å². The minimum Gasteiger partial charge on any atom is -0.379 e. The van der Waals surface area contributed by atoms with Crippen molar-refractivity contribution in [3.63, 3.8) is 0 Å². The van der Waals surface area contributed by atoms with E-state index in [-0.39, 0.29) is 5.75 Å². The lowest BCUT2D eigenvalue weighted by Crippen LogP contribution is -2.48. The van der Waals surface area contributed by atoms with Gasteiger partial charge >= 0.3 is 0 Å². The van der Waals surface area contributed by atoms with Crippen LogP contribution in [-0.4, -0.2) is 106 Å². The monoisotopic (exact) mass is 435 g/mol. The van der Waals surface area contributed by atoms with Crippen LogP contribution in [0.3, 0.4) is 0 Å². The van der Waals surface area contributed by atoms with Gasteiger partial charge in [0.25, 0.3) is 0 Å². The predicted molar refractivity (Wildman–Crippen MR) is 118 cm³/mol. The lowest BCUT2D eigenvalue weighted by Gasteiger charge is -2.36. The van der Waals surface area contributed by atoms with E-state index in [1.165, 1.54) is 0 Å². The van der Waals surface area contributed by atoms with E-state index in [0.29, 0.717) is 44.1 Å². The van der Waals surface area contributed by atoms with Crippen molar-refractivity contribution in [2.75, 3.05) is 76.3 Å². The van der Waals surface area contributed by atoms with Crippen LogP contribution in [0.25, 0.3) is 0 Å². The predicted octanol–water partition coefficient (Wildman–Crippen LogP) is 0.277. The highest BCUT2D eigenvalue weighted by molar-refractivity contribution is 7.99. The first-order valence-corrected chi connectivity index (χ1v) is 13.1. The molecule has 1 atom stereocenters. The van der Waals surface area contributed by atoms with Gasteiger partial charge in [0.2, 0.25) is 10.0 Å². The molecule has 0 amide bonds. The van der Waals surface area contributed by atoms with Crippen molar-refractivity contribution in [3.05, 3.63) is 0 Å². The molecule has 164 valence electrons. The Labute approximate surface area is 174 Å². The maximum absolute atomic E-state index is 12.5. The van der Waals surface area contributed by atoms with Gasteiger partial charge in [0.15, 0.2) is 5.96 Å². The lowest BCUT2D eigenvalue weighted by atomic mass is 10.0. The summed E-state index contributed by atoms with van der Waals surface area (Å²) in [4.78, 5) is 7.19. The Morgan fingerprint density at radius 1 is 1.14 bits per heavy atom. The molecule has 0 aliphatic carbocycles. The summed E-state index contributed by atoms with van der Waals surface area (Å²) in [6.07, 6.45) is 0. The molecule has 28 heavy (non-hydrogen) atoms. The van der Waals surface area contributed by atoms with Gasteiger partial charge in [-0.2, -0.15) is 11.8 Å². The molecule has 2 rings (SSSR count). The normalized spacial score (nSPS) is 21.6. The average molecular weight is 436 g/mol. The fourth-order valence-corrected chi connectivity index (χ4v) is 5.93. The summed E-state index contributed by atoms with van der Waals surface area (Å²) in [6, 6.07) is 0.355. The average Bonchev–Trinajstić information content (AvgIpc) is 2.69. The van der Waals surface area contributed by atoms with Gasteiger partial charge in [0, 0.05) is 56.8 Å². The maximum atomic E-state index is 12.5. The molecule has 2 saturated heterocycles. The number of rotatable bonds is 9. The van der Waals surface area contributed by atoms with Crippen LogP contribution >= 0.6 is 11.8 Å². The van der Waals surface area contributed by atoms with Crippen molar-refractivity contribution in [3.8, 4) is 0 Å². The minimum absolute atomic E-state index is 0.0964. The number of morpholine rings is 1. The number of nitrogens with zero attached hydrogens (tertiary/aromatic N) is 3. The number of hydrogen-bond acceptors (Lipinski definition) is 6. The van der Waals surface area contributed by atoms with Gasteiger partial charge in [0.05, 0.1) is 25.5 Å². The minimum atomic E-state index is -3.20. The SMILES string of the molecule is CCNC(=NCC(C(C)C)N1CCOCC1)NCCS(=O)(=O)N1CCSCC1. The maximum Gasteiger partial charge on any atom is 0.215 e. The summed E-state index contributed by atoms with van der Waals surface area (Å²) in [5.41, 5.74) is 0. The van der Waals surface area contributed by atoms with E-state index in [1.807, 2.05) is 18.7 Å². The summed E-state index contributed by atoms with van der Waals surface area (Å²) in [5, 5.41) is 6.43. The molecule has 0 radical (unpaired) electrons. The van der Waals surface area contributed by atoms with Crippen LogP contribution in [0.4, 0.5) is 0 Å². The van der Waals surface area contributed by atoms with E-state index in [9.17, 15) is 8.42 Å². The first-order chi connectivity index (χ1) is 13.4. The van der Waals surface area contributed by atoms with E-state index in [0.717, 1.165) is 44.4 Å². The number of thioether (sulfide) groups is 1. The van der Waals surface area contributed by atoms with Crippen molar-refractivity contribution < 1.29 is 13.2 Å². The fourth-order valence-electron chi connectivity index (χ4n) is 3.44. The second-order valence-electron chi connectivity index (χ2n) is 7.43. The van der Waals surface area contributed by atoms with Gasteiger partial charge in [-0.15, -0.1) is 0 Å². The molecule has 2 aliphatic rings. The van der Waals surface area contributed by atoms with Gasteiger partial charge in [-0.3, -0.25) is 9.89 Å². The van der Waals surface area contributed by atoms with E-state index in [1.54, 1.807) is 4.31 Å². The third-order valence-corrected chi connectivity index (χ3v) is 7.90. The van der Waals surface area contributed by atoms with Crippen LogP contribution in [0.15, 0.2) is 4.99 Å². The largest absolute Gasteiger partial charge is 0.379 e. The van der Waals surface area contributed by atoms with E-state index in [2.05, 4.69) is 29.4 Å². The van der Waals surface area contributed by atoms with Gasteiger partial charge in [-0.25, -0.2) is 12.7 Å². The molecule has 2 aliphatic heterocycles. The number of sulfonamides is 1. The van der Waals surface area contributed by atoms with Crippen LogP contribution in [0, 0.1) is 5.92 Å². The Bertz CT molecular complexity index is 574. The second-order valence-corrected chi connectivity index (χ2v) is 10.7. The van der Waals surface area contributed by atoms with Crippen molar-refractivity contribution >= 4 is 27.7 Å². The molecule has 2 heterocycles. The Morgan fingerprint density at radius 3 is 2.43 bits per heavy atom. The lowest BCUT2D eigenvalue weighted by molar-refractivity contribution is 0.00867.